The molecule has 24 rings (SSSR count). The summed E-state index contributed by atoms with van der Waals surface area (Å²) >= 11 is 0. The lowest BCUT2D eigenvalue weighted by atomic mass is 9.82. The van der Waals surface area contributed by atoms with Crippen LogP contribution in [0.25, 0.3) is 244 Å². The van der Waals surface area contributed by atoms with Gasteiger partial charge in [-0.25, -0.2) is 29.9 Å². The molecule has 2 aliphatic rings. The first-order chi connectivity index (χ1) is 61.4. The average Bonchev–Trinajstić information content (AvgIpc) is 1.48. The normalized spacial score (nSPS) is 11.5. The Balaban J connectivity index is 0.000000143. The van der Waals surface area contributed by atoms with Gasteiger partial charge in [0.1, 0.15) is 0 Å². The number of hydrogen-bond donors (Lipinski definition) is 0. The fourth-order valence-corrected chi connectivity index (χ4v) is 18.8. The largest absolute Gasteiger partial charge is 0.208 e. The monoisotopic (exact) mass is 1570 g/mol. The first-order valence-corrected chi connectivity index (χ1v) is 41.6. The van der Waals surface area contributed by atoms with Gasteiger partial charge < -0.3 is 0 Å². The smallest absolute Gasteiger partial charge is 0.164 e. The van der Waals surface area contributed by atoms with Crippen LogP contribution in [-0.2, 0) is 0 Å². The van der Waals surface area contributed by atoms with Crippen molar-refractivity contribution < 1.29 is 0 Å². The molecule has 0 aliphatic heterocycles. The molecule has 0 fully saturated rings. The summed E-state index contributed by atoms with van der Waals surface area (Å²) < 4.78 is 0. The van der Waals surface area contributed by atoms with Gasteiger partial charge in [-0.2, -0.15) is 10.5 Å². The zero-order chi connectivity index (χ0) is 82.3. The highest BCUT2D eigenvalue weighted by Gasteiger charge is 2.30. The van der Waals surface area contributed by atoms with Crippen molar-refractivity contribution in [3.8, 4) is 192 Å². The van der Waals surface area contributed by atoms with Crippen molar-refractivity contribution in [1.82, 2.24) is 29.9 Å². The minimum absolute atomic E-state index is 0.626. The van der Waals surface area contributed by atoms with Crippen LogP contribution in [0.2, 0.25) is 0 Å². The van der Waals surface area contributed by atoms with Gasteiger partial charge in [0.25, 0.3) is 0 Å². The van der Waals surface area contributed by atoms with Crippen LogP contribution in [0.3, 0.4) is 0 Å². The molecule has 0 unspecified atom stereocenters. The van der Waals surface area contributed by atoms with Gasteiger partial charge in [-0.3, -0.25) is 0 Å². The molecule has 0 spiro atoms. The maximum Gasteiger partial charge on any atom is 0.164 e. The highest BCUT2D eigenvalue weighted by molar-refractivity contribution is 6.29. The SMILES string of the molecule is N#Cc1ccc(-c2c3ccccc3c(-c3ccc4c5c(ccc(-c6ccc(-c7nc(-c8ccccc8)nc(-c8ccccc8)n7)cc6)c35)-c3ccccc3-4)c3ccccc23)cc1.N#Cc1ccc(-c2ccc3c(ccc4cc(-c5ccc6c7c(ccc(-c8ccc(-c9nc(-c%10ccccc%10)nc(-c%10ccccc%10)n9)cc8)c57)-c5ccccc5-6)ccc43)c2)cc1. The Morgan fingerprint density at radius 2 is 0.403 bits per heavy atom. The molecule has 2 aliphatic carbocycles. The summed E-state index contributed by atoms with van der Waals surface area (Å²) in [7, 11) is 0. The van der Waals surface area contributed by atoms with Crippen LogP contribution in [0.4, 0.5) is 0 Å². The molecule has 2 heterocycles. The quantitative estimate of drug-likeness (QED) is 0.0875. The molecule has 0 saturated heterocycles. The van der Waals surface area contributed by atoms with Gasteiger partial charge >= 0.3 is 0 Å². The summed E-state index contributed by atoms with van der Waals surface area (Å²) in [5.41, 5.74) is 30.9. The lowest BCUT2D eigenvalue weighted by Crippen LogP contribution is -2.00. The molecule has 0 radical (unpaired) electrons. The second-order valence-electron chi connectivity index (χ2n) is 31.6. The van der Waals surface area contributed by atoms with Gasteiger partial charge in [0.05, 0.1) is 23.3 Å². The van der Waals surface area contributed by atoms with E-state index in [4.69, 9.17) is 29.9 Å². The zero-order valence-corrected chi connectivity index (χ0v) is 66.8. The Hall–Kier alpha value is -17.0. The fraction of sp³-hybridized carbons (Fsp3) is 0. The van der Waals surface area contributed by atoms with E-state index >= 15 is 0 Å². The van der Waals surface area contributed by atoms with Crippen molar-refractivity contribution in [1.29, 1.82) is 10.5 Å². The number of hydrogen-bond acceptors (Lipinski definition) is 8. The number of benzene rings is 20. The lowest BCUT2D eigenvalue weighted by molar-refractivity contribution is 1.07. The van der Waals surface area contributed by atoms with E-state index in [0.717, 1.165) is 66.8 Å². The molecule has 0 atom stereocenters. The van der Waals surface area contributed by atoms with Crippen LogP contribution < -0.4 is 0 Å². The molecular weight excluding hydrogens is 1510 g/mol. The maximum absolute atomic E-state index is 9.60. The second kappa shape index (κ2) is 30.1. The molecule has 8 nitrogen and oxygen atoms in total. The summed E-state index contributed by atoms with van der Waals surface area (Å²) in [6.45, 7) is 0. The topological polar surface area (TPSA) is 125 Å². The highest BCUT2D eigenvalue weighted by atomic mass is 15.0. The van der Waals surface area contributed by atoms with Gasteiger partial charge in [-0.15, -0.1) is 0 Å². The van der Waals surface area contributed by atoms with Crippen molar-refractivity contribution in [3.63, 3.8) is 0 Å². The molecule has 8 heteroatoms. The van der Waals surface area contributed by atoms with Crippen LogP contribution in [-0.4, -0.2) is 29.9 Å². The molecule has 2 aromatic heterocycles. The first-order valence-electron chi connectivity index (χ1n) is 41.6. The van der Waals surface area contributed by atoms with E-state index in [1.165, 1.54) is 143 Å². The summed E-state index contributed by atoms with van der Waals surface area (Å²) in [6.07, 6.45) is 0. The van der Waals surface area contributed by atoms with E-state index in [0.29, 0.717) is 46.1 Å². The molecule has 0 saturated carbocycles. The predicted molar refractivity (Wildman–Crippen MR) is 508 cm³/mol. The van der Waals surface area contributed by atoms with E-state index in [9.17, 15) is 10.5 Å². The number of nitrogens with zero attached hydrogens (tertiary/aromatic N) is 8. The molecule has 20 aromatic carbocycles. The molecule has 0 bridgehead atoms. The number of nitriles is 2. The number of fused-ring (bicyclic) bond motifs is 11. The third-order valence-electron chi connectivity index (χ3n) is 24.6. The number of rotatable bonds is 12. The van der Waals surface area contributed by atoms with Crippen LogP contribution in [0.5, 0.6) is 0 Å². The van der Waals surface area contributed by atoms with Gasteiger partial charge in [0, 0.05) is 33.4 Å². The van der Waals surface area contributed by atoms with E-state index in [1.807, 2.05) is 158 Å². The van der Waals surface area contributed by atoms with Crippen LogP contribution in [0, 0.1) is 22.7 Å². The zero-order valence-electron chi connectivity index (χ0n) is 66.8. The maximum atomic E-state index is 9.60. The van der Waals surface area contributed by atoms with Crippen molar-refractivity contribution >= 4 is 64.6 Å². The Morgan fingerprint density at radius 3 is 0.766 bits per heavy atom. The molecule has 572 valence electrons. The van der Waals surface area contributed by atoms with Crippen LogP contribution in [0.1, 0.15) is 11.1 Å². The summed E-state index contributed by atoms with van der Waals surface area (Å²) in [6, 6.07) is 150. The third kappa shape index (κ3) is 12.4. The Kier molecular flexibility index (Phi) is 17.5. The number of aromatic nitrogens is 6. The van der Waals surface area contributed by atoms with Gasteiger partial charge in [-0.1, -0.05) is 376 Å². The van der Waals surface area contributed by atoms with Crippen molar-refractivity contribution in [2.45, 2.75) is 0 Å². The fourth-order valence-electron chi connectivity index (χ4n) is 18.8. The Morgan fingerprint density at radius 1 is 0.153 bits per heavy atom. The minimum atomic E-state index is 0.626. The summed E-state index contributed by atoms with van der Waals surface area (Å²) in [5, 5.41) is 33.4. The third-order valence-corrected chi connectivity index (χ3v) is 24.6. The molecule has 124 heavy (non-hydrogen) atoms. The lowest BCUT2D eigenvalue weighted by Gasteiger charge is -2.21. The predicted octanol–water partition coefficient (Wildman–Crippen LogP) is 29.7. The molecular formula is C116H68N8. The van der Waals surface area contributed by atoms with Crippen LogP contribution >= 0.6 is 0 Å². The second-order valence-corrected chi connectivity index (χ2v) is 31.6. The van der Waals surface area contributed by atoms with Crippen molar-refractivity contribution in [2.24, 2.45) is 0 Å². The van der Waals surface area contributed by atoms with E-state index in [2.05, 4.69) is 267 Å². The molecule has 0 N–H and O–H groups in total. The van der Waals surface area contributed by atoms with Gasteiger partial charge in [0.2, 0.25) is 0 Å². The summed E-state index contributed by atoms with van der Waals surface area (Å²) in [4.78, 5) is 29.8. The Bertz CT molecular complexity index is 7950. The minimum Gasteiger partial charge on any atom is -0.208 e. The van der Waals surface area contributed by atoms with E-state index in [1.54, 1.807) is 0 Å². The average molecular weight is 1570 g/mol. The van der Waals surface area contributed by atoms with Gasteiger partial charge in [-0.05, 0) is 212 Å². The van der Waals surface area contributed by atoms with Gasteiger partial charge in [0.15, 0.2) is 34.9 Å². The Labute approximate surface area is 715 Å². The first kappa shape index (κ1) is 72.2. The van der Waals surface area contributed by atoms with E-state index in [-0.39, 0.29) is 0 Å². The van der Waals surface area contributed by atoms with Crippen molar-refractivity contribution in [2.75, 3.05) is 0 Å². The highest BCUT2D eigenvalue weighted by Crippen LogP contribution is 2.56. The molecule has 22 aromatic rings. The van der Waals surface area contributed by atoms with Crippen LogP contribution in [0.15, 0.2) is 413 Å². The standard InChI is InChI=1S/2C58H34N4/c59-35-36-23-25-38(26-24-36)52-45-19-9-11-21-47(45)53(48-22-12-10-20-46(48)52)51-34-33-50-44-18-8-7-17-43(44)49-32-31-42(54(51)55(49)50)37-27-29-41(30-28-37)58-61-56(39-13-3-1-4-14-39)60-57(62-58)40-15-5-2-6-16-40;59-35-36-15-17-37(18-16-36)42-25-27-46-43(33-42)23-24-44-34-45(26-28-47(44)46)49-30-32-53-51-14-8-7-13-50(51)52-31-29-48(54(49)55(52)53)38-19-21-41(22-20-38)58-61-56(39-9-3-1-4-10-39)60-57(62-58)40-11-5-2-6-12-40/h2*1-34H. The summed E-state index contributed by atoms with van der Waals surface area (Å²) in [5.74, 6) is 3.83. The molecule has 0 amide bonds. The van der Waals surface area contributed by atoms with Crippen molar-refractivity contribution in [3.05, 3.63) is 424 Å². The van der Waals surface area contributed by atoms with E-state index < -0.39 is 0 Å².